The standard InChI is InChI=1S/C21H31N5O4S/c1-16(2)14-24-10-12-25(13-11-24)21(27)17-4-3-9-26(15-17)31(28,29)20-6-5-19(30-20)18-7-8-22-23-18/h5-8,16-17H,3-4,9-15H2,1-2H3,(H,22,23). The first-order chi connectivity index (χ1) is 14.8. The monoisotopic (exact) mass is 449 g/mol. The Balaban J connectivity index is 1.39. The number of carbonyl (C=O) groups is 1. The van der Waals surface area contributed by atoms with Crippen molar-refractivity contribution in [1.29, 1.82) is 0 Å². The number of nitrogens with one attached hydrogen (secondary N) is 1. The fraction of sp³-hybridized carbons (Fsp3) is 0.619. The van der Waals surface area contributed by atoms with Crippen LogP contribution >= 0.6 is 0 Å². The highest BCUT2D eigenvalue weighted by Crippen LogP contribution is 2.29. The fourth-order valence-corrected chi connectivity index (χ4v) is 5.85. The van der Waals surface area contributed by atoms with Crippen LogP contribution in [0.3, 0.4) is 0 Å². The Kier molecular flexibility index (Phi) is 6.49. The minimum absolute atomic E-state index is 0.0710. The predicted octanol–water partition coefficient (Wildman–Crippen LogP) is 1.87. The van der Waals surface area contributed by atoms with E-state index in [0.29, 0.717) is 49.8 Å². The molecule has 2 aliphatic heterocycles. The third-order valence-electron chi connectivity index (χ3n) is 5.98. The molecule has 2 aromatic heterocycles. The number of amides is 1. The molecule has 10 heteroatoms. The van der Waals surface area contributed by atoms with Crippen LogP contribution in [0.15, 0.2) is 33.9 Å². The van der Waals surface area contributed by atoms with Crippen LogP contribution in [-0.2, 0) is 14.8 Å². The van der Waals surface area contributed by atoms with Gasteiger partial charge in [-0.2, -0.15) is 9.40 Å². The smallest absolute Gasteiger partial charge is 0.276 e. The highest BCUT2D eigenvalue weighted by atomic mass is 32.2. The van der Waals surface area contributed by atoms with Crippen molar-refractivity contribution in [2.75, 3.05) is 45.8 Å². The van der Waals surface area contributed by atoms with Crippen molar-refractivity contribution in [2.24, 2.45) is 11.8 Å². The van der Waals surface area contributed by atoms with Gasteiger partial charge in [0.05, 0.1) is 5.92 Å². The van der Waals surface area contributed by atoms with Gasteiger partial charge in [0.15, 0.2) is 5.76 Å². The number of piperidine rings is 1. The quantitative estimate of drug-likeness (QED) is 0.722. The molecule has 1 N–H and O–H groups in total. The van der Waals surface area contributed by atoms with Gasteiger partial charge in [-0.1, -0.05) is 13.8 Å². The Morgan fingerprint density at radius 2 is 1.97 bits per heavy atom. The minimum Gasteiger partial charge on any atom is -0.442 e. The lowest BCUT2D eigenvalue weighted by Gasteiger charge is -2.39. The third kappa shape index (κ3) is 4.86. The molecule has 9 nitrogen and oxygen atoms in total. The van der Waals surface area contributed by atoms with Crippen LogP contribution in [0.25, 0.3) is 11.5 Å². The van der Waals surface area contributed by atoms with Crippen molar-refractivity contribution < 1.29 is 17.6 Å². The maximum Gasteiger partial charge on any atom is 0.276 e. The van der Waals surface area contributed by atoms with Gasteiger partial charge in [-0.25, -0.2) is 8.42 Å². The molecule has 0 aromatic carbocycles. The molecule has 4 heterocycles. The average Bonchev–Trinajstić information content (AvgIpc) is 3.45. The van der Waals surface area contributed by atoms with E-state index >= 15 is 0 Å². The summed E-state index contributed by atoms with van der Waals surface area (Å²) in [6, 6.07) is 4.79. The molecule has 1 unspecified atom stereocenters. The zero-order valence-corrected chi connectivity index (χ0v) is 19.0. The molecule has 170 valence electrons. The molecule has 1 amide bonds. The Labute approximate surface area is 183 Å². The SMILES string of the molecule is CC(C)CN1CCN(C(=O)C2CCCN(S(=O)(=O)c3ccc(-c4ccn[nH]4)o3)C2)CC1. The molecule has 2 fully saturated rings. The van der Waals surface area contributed by atoms with E-state index in [2.05, 4.69) is 28.9 Å². The Morgan fingerprint density at radius 3 is 2.65 bits per heavy atom. The second-order valence-corrected chi connectivity index (χ2v) is 10.7. The van der Waals surface area contributed by atoms with E-state index in [1.54, 1.807) is 18.3 Å². The maximum absolute atomic E-state index is 13.1. The number of H-pyrrole nitrogens is 1. The summed E-state index contributed by atoms with van der Waals surface area (Å²) in [5.41, 5.74) is 0.616. The lowest BCUT2D eigenvalue weighted by Crippen LogP contribution is -2.53. The van der Waals surface area contributed by atoms with Crippen LogP contribution in [-0.4, -0.2) is 84.4 Å². The summed E-state index contributed by atoms with van der Waals surface area (Å²) in [5, 5.41) is 6.52. The summed E-state index contributed by atoms with van der Waals surface area (Å²) in [6.07, 6.45) is 2.96. The summed E-state index contributed by atoms with van der Waals surface area (Å²) in [4.78, 5) is 17.4. The van der Waals surface area contributed by atoms with E-state index in [1.165, 1.54) is 10.4 Å². The van der Waals surface area contributed by atoms with E-state index in [-0.39, 0.29) is 23.5 Å². The lowest BCUT2D eigenvalue weighted by molar-refractivity contribution is -0.138. The van der Waals surface area contributed by atoms with Gasteiger partial charge in [0.2, 0.25) is 11.0 Å². The molecule has 31 heavy (non-hydrogen) atoms. The van der Waals surface area contributed by atoms with E-state index in [1.807, 2.05) is 4.90 Å². The normalized spacial score (nSPS) is 21.6. The Bertz CT molecular complexity index is 977. The maximum atomic E-state index is 13.1. The molecule has 0 aliphatic carbocycles. The van der Waals surface area contributed by atoms with Crippen LogP contribution < -0.4 is 0 Å². The molecule has 1 atom stereocenters. The number of rotatable bonds is 6. The lowest BCUT2D eigenvalue weighted by atomic mass is 9.97. The zero-order valence-electron chi connectivity index (χ0n) is 18.2. The van der Waals surface area contributed by atoms with Gasteiger partial charge in [0.1, 0.15) is 5.69 Å². The first kappa shape index (κ1) is 22.0. The summed E-state index contributed by atoms with van der Waals surface area (Å²) in [5.74, 6) is 0.790. The fourth-order valence-electron chi connectivity index (χ4n) is 4.41. The average molecular weight is 450 g/mol. The molecule has 0 saturated carbocycles. The third-order valence-corrected chi connectivity index (χ3v) is 7.72. The number of aromatic nitrogens is 2. The van der Waals surface area contributed by atoms with E-state index in [4.69, 9.17) is 4.42 Å². The summed E-state index contributed by atoms with van der Waals surface area (Å²) >= 11 is 0. The Morgan fingerprint density at radius 1 is 1.19 bits per heavy atom. The molecular weight excluding hydrogens is 418 g/mol. The van der Waals surface area contributed by atoms with Crippen molar-refractivity contribution in [3.8, 4) is 11.5 Å². The van der Waals surface area contributed by atoms with Crippen LogP contribution in [0.5, 0.6) is 0 Å². The first-order valence-electron chi connectivity index (χ1n) is 11.0. The summed E-state index contributed by atoms with van der Waals surface area (Å²) in [7, 11) is -3.80. The summed E-state index contributed by atoms with van der Waals surface area (Å²) < 4.78 is 33.3. The van der Waals surface area contributed by atoms with Crippen molar-refractivity contribution >= 4 is 15.9 Å². The van der Waals surface area contributed by atoms with Gasteiger partial charge >= 0.3 is 0 Å². The van der Waals surface area contributed by atoms with Crippen molar-refractivity contribution in [3.05, 3.63) is 24.4 Å². The number of carbonyl (C=O) groups excluding carboxylic acids is 1. The molecule has 4 rings (SSSR count). The molecule has 2 saturated heterocycles. The van der Waals surface area contributed by atoms with Crippen LogP contribution in [0.2, 0.25) is 0 Å². The van der Waals surface area contributed by atoms with Gasteiger partial charge in [-0.15, -0.1) is 0 Å². The van der Waals surface area contributed by atoms with Crippen molar-refractivity contribution in [1.82, 2.24) is 24.3 Å². The van der Waals surface area contributed by atoms with Crippen LogP contribution in [0.4, 0.5) is 0 Å². The molecular formula is C21H31N5O4S. The predicted molar refractivity (Wildman–Crippen MR) is 116 cm³/mol. The molecule has 0 bridgehead atoms. The largest absolute Gasteiger partial charge is 0.442 e. The zero-order chi connectivity index (χ0) is 22.0. The number of hydrogen-bond donors (Lipinski definition) is 1. The van der Waals surface area contributed by atoms with Crippen molar-refractivity contribution in [3.63, 3.8) is 0 Å². The van der Waals surface area contributed by atoms with Crippen LogP contribution in [0.1, 0.15) is 26.7 Å². The molecule has 2 aliphatic rings. The minimum atomic E-state index is -3.80. The molecule has 0 radical (unpaired) electrons. The number of piperazine rings is 1. The number of hydrogen-bond acceptors (Lipinski definition) is 6. The van der Waals surface area contributed by atoms with Gasteiger partial charge in [-0.05, 0) is 37.0 Å². The number of furan rings is 1. The number of nitrogens with zero attached hydrogens (tertiary/aromatic N) is 4. The highest BCUT2D eigenvalue weighted by Gasteiger charge is 2.37. The Hall–Kier alpha value is -2.17. The highest BCUT2D eigenvalue weighted by molar-refractivity contribution is 7.89. The number of sulfonamides is 1. The second-order valence-electron chi connectivity index (χ2n) is 8.81. The van der Waals surface area contributed by atoms with Gasteiger partial charge in [0.25, 0.3) is 10.0 Å². The van der Waals surface area contributed by atoms with Gasteiger partial charge < -0.3 is 9.32 Å². The van der Waals surface area contributed by atoms with Gasteiger partial charge in [-0.3, -0.25) is 14.8 Å². The first-order valence-corrected chi connectivity index (χ1v) is 12.4. The molecule has 0 spiro atoms. The van der Waals surface area contributed by atoms with Crippen LogP contribution in [0, 0.1) is 11.8 Å². The molecule has 2 aromatic rings. The second kappa shape index (κ2) is 9.13. The van der Waals surface area contributed by atoms with E-state index < -0.39 is 10.0 Å². The van der Waals surface area contributed by atoms with Crippen molar-refractivity contribution in [2.45, 2.75) is 31.8 Å². The van der Waals surface area contributed by atoms with E-state index in [0.717, 1.165) is 19.6 Å². The summed E-state index contributed by atoms with van der Waals surface area (Å²) in [6.45, 7) is 9.21. The van der Waals surface area contributed by atoms with Gasteiger partial charge in [0, 0.05) is 52.0 Å². The topological polar surface area (TPSA) is 103 Å². The number of aromatic amines is 1. The van der Waals surface area contributed by atoms with E-state index in [9.17, 15) is 13.2 Å².